The number of rotatable bonds is 2. The molecule has 2 N–H and O–H groups in total. The molecule has 2 rings (SSSR count). The molecule has 0 bridgehead atoms. The fraction of sp³-hybridized carbons (Fsp3) is 0.800. The zero-order valence-electron chi connectivity index (χ0n) is 8.90. The lowest BCUT2D eigenvalue weighted by molar-refractivity contribution is 0.451. The molecule has 0 saturated carbocycles. The van der Waals surface area contributed by atoms with Crippen molar-refractivity contribution in [1.29, 1.82) is 0 Å². The molecule has 0 amide bonds. The van der Waals surface area contributed by atoms with E-state index >= 15 is 0 Å². The van der Waals surface area contributed by atoms with E-state index in [2.05, 4.69) is 21.7 Å². The second-order valence-electron chi connectivity index (χ2n) is 4.35. The van der Waals surface area contributed by atoms with E-state index in [9.17, 15) is 0 Å². The minimum atomic E-state index is 0.167. The highest BCUT2D eigenvalue weighted by Crippen LogP contribution is 2.25. The van der Waals surface area contributed by atoms with Crippen LogP contribution in [-0.4, -0.2) is 20.8 Å². The highest BCUT2D eigenvalue weighted by Gasteiger charge is 2.21. The van der Waals surface area contributed by atoms with Crippen LogP contribution in [0.3, 0.4) is 0 Å². The van der Waals surface area contributed by atoms with Gasteiger partial charge in [0.25, 0.3) is 0 Å². The van der Waals surface area contributed by atoms with E-state index in [0.717, 1.165) is 24.6 Å². The summed E-state index contributed by atoms with van der Waals surface area (Å²) in [6.45, 7) is 5.29. The summed E-state index contributed by atoms with van der Waals surface area (Å²) in [5.74, 6) is 2.76. The van der Waals surface area contributed by atoms with E-state index in [0.29, 0.717) is 5.92 Å². The van der Waals surface area contributed by atoms with Crippen LogP contribution in [0.5, 0.6) is 0 Å². The third-order valence-electron chi connectivity index (χ3n) is 2.82. The van der Waals surface area contributed by atoms with Gasteiger partial charge in [0.1, 0.15) is 11.6 Å². The summed E-state index contributed by atoms with van der Waals surface area (Å²) in [5, 5.41) is 8.47. The van der Waals surface area contributed by atoms with Crippen molar-refractivity contribution in [3.05, 3.63) is 11.6 Å². The quantitative estimate of drug-likeness (QED) is 0.766. The topological polar surface area (TPSA) is 56.7 Å². The summed E-state index contributed by atoms with van der Waals surface area (Å²) in [4.78, 5) is 0. The normalized spacial score (nSPS) is 23.2. The van der Waals surface area contributed by atoms with Crippen LogP contribution in [-0.2, 0) is 13.0 Å². The molecule has 78 valence electrons. The largest absolute Gasteiger partial charge is 0.328 e. The summed E-state index contributed by atoms with van der Waals surface area (Å²) in [5.41, 5.74) is 5.77. The molecule has 2 atom stereocenters. The molecule has 1 aliphatic heterocycles. The molecule has 4 heteroatoms. The first-order valence-corrected chi connectivity index (χ1v) is 5.36. The molecule has 0 aromatic carbocycles. The Labute approximate surface area is 84.5 Å². The minimum Gasteiger partial charge on any atom is -0.328 e. The van der Waals surface area contributed by atoms with Gasteiger partial charge in [0, 0.05) is 24.9 Å². The Kier molecular flexibility index (Phi) is 2.54. The fourth-order valence-electron chi connectivity index (χ4n) is 2.08. The van der Waals surface area contributed by atoms with E-state index in [-0.39, 0.29) is 6.04 Å². The van der Waals surface area contributed by atoms with Gasteiger partial charge in [-0.05, 0) is 19.8 Å². The molecule has 0 saturated heterocycles. The summed E-state index contributed by atoms with van der Waals surface area (Å²) >= 11 is 0. The first-order valence-electron chi connectivity index (χ1n) is 5.36. The van der Waals surface area contributed by atoms with E-state index in [1.165, 1.54) is 12.8 Å². The second-order valence-corrected chi connectivity index (χ2v) is 4.35. The van der Waals surface area contributed by atoms with E-state index in [1.54, 1.807) is 0 Å². The molecular formula is C10H18N4. The van der Waals surface area contributed by atoms with Gasteiger partial charge in [-0.3, -0.25) is 0 Å². The maximum atomic E-state index is 5.77. The molecule has 0 radical (unpaired) electrons. The number of nitrogens with zero attached hydrogens (tertiary/aromatic N) is 3. The van der Waals surface area contributed by atoms with Gasteiger partial charge in [-0.25, -0.2) is 0 Å². The predicted octanol–water partition coefficient (Wildman–Crippen LogP) is 1.07. The van der Waals surface area contributed by atoms with Gasteiger partial charge >= 0.3 is 0 Å². The Hall–Kier alpha value is -0.900. The summed E-state index contributed by atoms with van der Waals surface area (Å²) < 4.78 is 2.25. The summed E-state index contributed by atoms with van der Waals surface area (Å²) in [6, 6.07) is 0.167. The summed E-state index contributed by atoms with van der Waals surface area (Å²) in [7, 11) is 0. The van der Waals surface area contributed by atoms with Crippen LogP contribution in [0.1, 0.15) is 44.3 Å². The monoisotopic (exact) mass is 194 g/mol. The third kappa shape index (κ3) is 1.66. The minimum absolute atomic E-state index is 0.167. The maximum Gasteiger partial charge on any atom is 0.135 e. The van der Waals surface area contributed by atoms with Crippen LogP contribution >= 0.6 is 0 Å². The van der Waals surface area contributed by atoms with Crippen molar-refractivity contribution in [2.24, 2.45) is 5.73 Å². The van der Waals surface area contributed by atoms with Gasteiger partial charge in [0.2, 0.25) is 0 Å². The Morgan fingerprint density at radius 3 is 3.07 bits per heavy atom. The zero-order valence-corrected chi connectivity index (χ0v) is 8.90. The van der Waals surface area contributed by atoms with E-state index in [1.807, 2.05) is 6.92 Å². The molecule has 2 heterocycles. The van der Waals surface area contributed by atoms with E-state index < -0.39 is 0 Å². The van der Waals surface area contributed by atoms with Crippen molar-refractivity contribution in [3.63, 3.8) is 0 Å². The number of nitrogens with two attached hydrogens (primary N) is 1. The lowest BCUT2D eigenvalue weighted by atomic mass is 10.0. The van der Waals surface area contributed by atoms with Gasteiger partial charge in [-0.1, -0.05) is 6.92 Å². The van der Waals surface area contributed by atoms with Crippen molar-refractivity contribution < 1.29 is 0 Å². The average Bonchev–Trinajstić information content (AvgIpc) is 2.49. The van der Waals surface area contributed by atoms with Crippen molar-refractivity contribution in [2.75, 3.05) is 0 Å². The Balaban J connectivity index is 2.26. The molecule has 0 spiro atoms. The van der Waals surface area contributed by atoms with Crippen LogP contribution in [0.15, 0.2) is 0 Å². The van der Waals surface area contributed by atoms with Crippen molar-refractivity contribution >= 4 is 0 Å². The number of fused-ring (bicyclic) bond motifs is 1. The van der Waals surface area contributed by atoms with Gasteiger partial charge in [-0.2, -0.15) is 0 Å². The highest BCUT2D eigenvalue weighted by molar-refractivity contribution is 5.04. The molecule has 1 aromatic rings. The van der Waals surface area contributed by atoms with E-state index in [4.69, 9.17) is 5.73 Å². The second kappa shape index (κ2) is 3.69. The van der Waals surface area contributed by atoms with Crippen LogP contribution in [0.2, 0.25) is 0 Å². The Morgan fingerprint density at radius 1 is 1.57 bits per heavy atom. The first kappa shape index (κ1) is 9.65. The van der Waals surface area contributed by atoms with Gasteiger partial charge in [-0.15, -0.1) is 10.2 Å². The molecule has 2 unspecified atom stereocenters. The zero-order chi connectivity index (χ0) is 10.1. The fourth-order valence-corrected chi connectivity index (χ4v) is 2.08. The average molecular weight is 194 g/mol. The molecule has 1 aliphatic rings. The van der Waals surface area contributed by atoms with Crippen LogP contribution in [0.25, 0.3) is 0 Å². The van der Waals surface area contributed by atoms with Crippen molar-refractivity contribution in [3.8, 4) is 0 Å². The maximum absolute atomic E-state index is 5.77. The smallest absolute Gasteiger partial charge is 0.135 e. The number of aromatic nitrogens is 3. The van der Waals surface area contributed by atoms with Crippen LogP contribution < -0.4 is 5.73 Å². The number of hydrogen-bond acceptors (Lipinski definition) is 3. The van der Waals surface area contributed by atoms with Crippen LogP contribution in [0.4, 0.5) is 0 Å². The SMILES string of the molecule is CC(N)Cc1nnc2n1CCCC2C. The summed E-state index contributed by atoms with van der Waals surface area (Å²) in [6.07, 6.45) is 3.30. The van der Waals surface area contributed by atoms with Crippen LogP contribution in [0, 0.1) is 0 Å². The molecule has 14 heavy (non-hydrogen) atoms. The van der Waals surface area contributed by atoms with Crippen molar-refractivity contribution in [2.45, 2.75) is 51.6 Å². The molecule has 1 aromatic heterocycles. The Morgan fingerprint density at radius 2 is 2.36 bits per heavy atom. The predicted molar refractivity (Wildman–Crippen MR) is 55.0 cm³/mol. The van der Waals surface area contributed by atoms with Gasteiger partial charge < -0.3 is 10.3 Å². The van der Waals surface area contributed by atoms with Gasteiger partial charge in [0.15, 0.2) is 0 Å². The molecule has 0 aliphatic carbocycles. The third-order valence-corrected chi connectivity index (χ3v) is 2.82. The Bertz CT molecular complexity index is 316. The molecule has 4 nitrogen and oxygen atoms in total. The molecule has 0 fully saturated rings. The van der Waals surface area contributed by atoms with Crippen molar-refractivity contribution in [1.82, 2.24) is 14.8 Å². The molecular weight excluding hydrogens is 176 g/mol. The van der Waals surface area contributed by atoms with Gasteiger partial charge in [0.05, 0.1) is 0 Å². The lowest BCUT2D eigenvalue weighted by Gasteiger charge is -2.20. The standard InChI is InChI=1S/C10H18N4/c1-7-4-3-5-14-9(6-8(2)11)12-13-10(7)14/h7-8H,3-6,11H2,1-2H3. The highest BCUT2D eigenvalue weighted by atomic mass is 15.3. The number of hydrogen-bond donors (Lipinski definition) is 1. The lowest BCUT2D eigenvalue weighted by Crippen LogP contribution is -2.22. The first-order chi connectivity index (χ1) is 6.68.